The molecule has 0 radical (unpaired) electrons. The van der Waals surface area contributed by atoms with Crippen LogP contribution in [0.25, 0.3) is 0 Å². The van der Waals surface area contributed by atoms with Crippen LogP contribution in [0.2, 0.25) is 0 Å². The molecule has 21 heavy (non-hydrogen) atoms. The molecular weight excluding hydrogens is 271 g/mol. The van der Waals surface area contributed by atoms with Crippen LogP contribution in [-0.4, -0.2) is 22.6 Å². The van der Waals surface area contributed by atoms with Gasteiger partial charge in [-0.2, -0.15) is 0 Å². The first kappa shape index (κ1) is 14.7. The Kier molecular flexibility index (Phi) is 5.02. The number of hydrogen-bond acceptors (Lipinski definition) is 3. The van der Waals surface area contributed by atoms with Gasteiger partial charge in [-0.15, -0.1) is 0 Å². The normalized spacial score (nSPS) is 9.62. The van der Waals surface area contributed by atoms with Gasteiger partial charge in [0, 0.05) is 23.7 Å². The maximum Gasteiger partial charge on any atom is 0.256 e. The smallest absolute Gasteiger partial charge is 0.256 e. The highest BCUT2D eigenvalue weighted by molar-refractivity contribution is 6.03. The zero-order chi connectivity index (χ0) is 15.1. The van der Waals surface area contributed by atoms with Crippen molar-refractivity contribution in [2.45, 2.75) is 6.42 Å². The number of aromatic nitrogens is 1. The van der Waals surface area contributed by atoms with E-state index in [0.29, 0.717) is 23.4 Å². The lowest BCUT2D eigenvalue weighted by molar-refractivity contribution is 0.102. The monoisotopic (exact) mass is 284 g/mol. The van der Waals surface area contributed by atoms with E-state index in [2.05, 4.69) is 22.1 Å². The Morgan fingerprint density at radius 1 is 1.29 bits per heavy atom. The van der Waals surface area contributed by atoms with Crippen LogP contribution in [0.1, 0.15) is 22.3 Å². The zero-order valence-electron chi connectivity index (χ0n) is 11.1. The summed E-state index contributed by atoms with van der Waals surface area (Å²) < 4.78 is 12.8. The zero-order valence-corrected chi connectivity index (χ0v) is 11.1. The third-order valence-corrected chi connectivity index (χ3v) is 2.58. The van der Waals surface area contributed by atoms with E-state index in [4.69, 9.17) is 5.11 Å². The van der Waals surface area contributed by atoms with Gasteiger partial charge in [0.05, 0.1) is 6.61 Å². The number of aliphatic hydroxyl groups excluding tert-OH is 1. The van der Waals surface area contributed by atoms with E-state index >= 15 is 0 Å². The number of amides is 1. The Labute approximate surface area is 121 Å². The molecule has 0 spiro atoms. The van der Waals surface area contributed by atoms with Gasteiger partial charge >= 0.3 is 0 Å². The molecule has 0 aliphatic heterocycles. The highest BCUT2D eigenvalue weighted by Gasteiger charge is 2.06. The van der Waals surface area contributed by atoms with Crippen LogP contribution in [-0.2, 0) is 0 Å². The van der Waals surface area contributed by atoms with Gasteiger partial charge in [-0.25, -0.2) is 9.37 Å². The fraction of sp³-hybridized carbons (Fsp3) is 0.125. The van der Waals surface area contributed by atoms with E-state index in [1.54, 1.807) is 12.1 Å². The lowest BCUT2D eigenvalue weighted by atomic mass is 10.2. The Bertz CT molecular complexity index is 687. The molecule has 1 amide bonds. The lowest BCUT2D eigenvalue weighted by Gasteiger charge is -2.04. The number of aliphatic hydroxyl groups is 1. The quantitative estimate of drug-likeness (QED) is 0.849. The Morgan fingerprint density at radius 2 is 2.05 bits per heavy atom. The summed E-state index contributed by atoms with van der Waals surface area (Å²) in [6.07, 6.45) is 1.92. The van der Waals surface area contributed by atoms with E-state index in [0.717, 1.165) is 0 Å². The highest BCUT2D eigenvalue weighted by Crippen LogP contribution is 2.09. The summed E-state index contributed by atoms with van der Waals surface area (Å²) >= 11 is 0. The van der Waals surface area contributed by atoms with Gasteiger partial charge in [-0.3, -0.25) is 4.79 Å². The topological polar surface area (TPSA) is 62.2 Å². The number of pyridine rings is 1. The van der Waals surface area contributed by atoms with E-state index in [1.165, 1.54) is 30.5 Å². The first-order valence-electron chi connectivity index (χ1n) is 6.32. The molecule has 5 heteroatoms. The molecule has 1 aromatic heterocycles. The van der Waals surface area contributed by atoms with Crippen molar-refractivity contribution in [3.63, 3.8) is 0 Å². The van der Waals surface area contributed by atoms with Crippen LogP contribution < -0.4 is 5.32 Å². The Balaban J connectivity index is 2.09. The van der Waals surface area contributed by atoms with Crippen molar-refractivity contribution in [3.8, 4) is 11.8 Å². The minimum absolute atomic E-state index is 0.00619. The SMILES string of the molecule is O=C(Nc1cc(C#CCCO)ccn1)c1ccc(F)cc1. The van der Waals surface area contributed by atoms with Gasteiger partial charge in [-0.05, 0) is 36.4 Å². The van der Waals surface area contributed by atoms with Crippen LogP contribution in [0.5, 0.6) is 0 Å². The van der Waals surface area contributed by atoms with E-state index in [1.807, 2.05) is 0 Å². The van der Waals surface area contributed by atoms with Crippen molar-refractivity contribution in [2.24, 2.45) is 0 Å². The summed E-state index contributed by atoms with van der Waals surface area (Å²) in [5.74, 6) is 5.23. The molecule has 2 aromatic rings. The molecule has 0 bridgehead atoms. The van der Waals surface area contributed by atoms with Gasteiger partial charge < -0.3 is 10.4 Å². The molecule has 0 saturated carbocycles. The largest absolute Gasteiger partial charge is 0.395 e. The number of nitrogens with zero attached hydrogens (tertiary/aromatic N) is 1. The molecule has 1 aromatic carbocycles. The second-order valence-corrected chi connectivity index (χ2v) is 4.17. The minimum atomic E-state index is -0.397. The van der Waals surface area contributed by atoms with Crippen molar-refractivity contribution in [1.29, 1.82) is 0 Å². The number of halogens is 1. The minimum Gasteiger partial charge on any atom is -0.395 e. The first-order valence-corrected chi connectivity index (χ1v) is 6.32. The summed E-state index contributed by atoms with van der Waals surface area (Å²) in [7, 11) is 0. The van der Waals surface area contributed by atoms with Gasteiger partial charge in [-0.1, -0.05) is 11.8 Å². The van der Waals surface area contributed by atoms with Gasteiger partial charge in [0.25, 0.3) is 5.91 Å². The average molecular weight is 284 g/mol. The van der Waals surface area contributed by atoms with Crippen LogP contribution in [0, 0.1) is 17.7 Å². The highest BCUT2D eigenvalue weighted by atomic mass is 19.1. The molecule has 106 valence electrons. The molecule has 2 rings (SSSR count). The molecule has 1 heterocycles. The first-order chi connectivity index (χ1) is 10.2. The number of carbonyl (C=O) groups excluding carboxylic acids is 1. The summed E-state index contributed by atoms with van der Waals surface area (Å²) in [5.41, 5.74) is 1.03. The van der Waals surface area contributed by atoms with Crippen molar-refractivity contribution >= 4 is 11.7 Å². The van der Waals surface area contributed by atoms with Crippen molar-refractivity contribution in [2.75, 3.05) is 11.9 Å². The number of benzene rings is 1. The fourth-order valence-electron chi connectivity index (χ4n) is 1.59. The summed E-state index contributed by atoms with van der Waals surface area (Å²) in [5, 5.41) is 11.3. The standard InChI is InChI=1S/C16H13FN2O2/c17-14-6-4-13(5-7-14)16(21)19-15-11-12(8-9-18-15)3-1-2-10-20/h4-9,11,20H,2,10H2,(H,18,19,21). The number of anilines is 1. The summed E-state index contributed by atoms with van der Waals surface area (Å²) in [6.45, 7) is 0.00619. The van der Waals surface area contributed by atoms with Crippen LogP contribution in [0.15, 0.2) is 42.6 Å². The number of nitrogens with one attached hydrogen (secondary N) is 1. The van der Waals surface area contributed by atoms with Gasteiger partial charge in [0.1, 0.15) is 11.6 Å². The predicted molar refractivity (Wildman–Crippen MR) is 77.2 cm³/mol. The predicted octanol–water partition coefficient (Wildman–Crippen LogP) is 2.21. The fourth-order valence-corrected chi connectivity index (χ4v) is 1.59. The number of rotatable bonds is 3. The number of carbonyl (C=O) groups is 1. The van der Waals surface area contributed by atoms with Crippen molar-refractivity contribution in [1.82, 2.24) is 4.98 Å². The molecule has 0 fully saturated rings. The Hall–Kier alpha value is -2.71. The Morgan fingerprint density at radius 3 is 2.76 bits per heavy atom. The molecule has 4 nitrogen and oxygen atoms in total. The molecule has 0 aliphatic carbocycles. The number of hydrogen-bond donors (Lipinski definition) is 2. The van der Waals surface area contributed by atoms with Crippen LogP contribution in [0.3, 0.4) is 0 Å². The summed E-state index contributed by atoms with van der Waals surface area (Å²) in [6, 6.07) is 8.58. The van der Waals surface area contributed by atoms with Crippen molar-refractivity contribution in [3.05, 3.63) is 59.5 Å². The van der Waals surface area contributed by atoms with Gasteiger partial charge in [0.2, 0.25) is 0 Å². The van der Waals surface area contributed by atoms with Gasteiger partial charge in [0.15, 0.2) is 0 Å². The molecule has 0 saturated heterocycles. The van der Waals surface area contributed by atoms with E-state index in [9.17, 15) is 9.18 Å². The molecule has 0 atom stereocenters. The third-order valence-electron chi connectivity index (χ3n) is 2.58. The lowest BCUT2D eigenvalue weighted by Crippen LogP contribution is -2.12. The van der Waals surface area contributed by atoms with Crippen LogP contribution >= 0.6 is 0 Å². The third kappa shape index (κ3) is 4.41. The van der Waals surface area contributed by atoms with E-state index < -0.39 is 5.82 Å². The van der Waals surface area contributed by atoms with E-state index in [-0.39, 0.29) is 12.5 Å². The molecular formula is C16H13FN2O2. The maximum atomic E-state index is 12.8. The second-order valence-electron chi connectivity index (χ2n) is 4.17. The average Bonchev–Trinajstić information content (AvgIpc) is 2.48. The molecule has 2 N–H and O–H groups in total. The second kappa shape index (κ2) is 7.17. The maximum absolute atomic E-state index is 12.8. The molecule has 0 aliphatic rings. The summed E-state index contributed by atoms with van der Waals surface area (Å²) in [4.78, 5) is 16.0. The molecule has 0 unspecified atom stereocenters. The van der Waals surface area contributed by atoms with Crippen LogP contribution in [0.4, 0.5) is 10.2 Å². The van der Waals surface area contributed by atoms with Crippen molar-refractivity contribution < 1.29 is 14.3 Å².